The third-order valence-electron chi connectivity index (χ3n) is 3.75. The number of ether oxygens (including phenoxy) is 1. The van der Waals surface area contributed by atoms with Crippen molar-refractivity contribution in [1.82, 2.24) is 0 Å². The number of hydrogen-bond acceptors (Lipinski definition) is 7. The maximum Gasteiger partial charge on any atom is 0.157 e. The second-order valence-corrected chi connectivity index (χ2v) is 5.23. The largest absolute Gasteiger partial charge is 0.504 e. The van der Waals surface area contributed by atoms with E-state index in [4.69, 9.17) is 9.84 Å². The predicted octanol–water partition coefficient (Wildman–Crippen LogP) is -1.13. The summed E-state index contributed by atoms with van der Waals surface area (Å²) in [4.78, 5) is 0. The minimum Gasteiger partial charge on any atom is -0.504 e. The Morgan fingerprint density at radius 3 is 2.19 bits per heavy atom. The van der Waals surface area contributed by atoms with E-state index in [0.29, 0.717) is 12.8 Å². The van der Waals surface area contributed by atoms with Gasteiger partial charge in [0.1, 0.15) is 24.4 Å². The fourth-order valence-corrected chi connectivity index (χ4v) is 2.45. The lowest BCUT2D eigenvalue weighted by molar-refractivity contribution is -0.230. The number of hydrogen-bond donors (Lipinski definition) is 6. The summed E-state index contributed by atoms with van der Waals surface area (Å²) >= 11 is 0. The van der Waals surface area contributed by atoms with Gasteiger partial charge in [0.15, 0.2) is 11.5 Å². The Hall–Kier alpha value is -1.38. The maximum atomic E-state index is 9.89. The summed E-state index contributed by atoms with van der Waals surface area (Å²) < 4.78 is 5.38. The highest BCUT2D eigenvalue weighted by Crippen LogP contribution is 2.28. The van der Waals surface area contributed by atoms with Gasteiger partial charge in [0.25, 0.3) is 0 Å². The number of aliphatic hydroxyl groups is 4. The molecule has 0 saturated carbocycles. The Labute approximate surface area is 121 Å². The first-order valence-corrected chi connectivity index (χ1v) is 6.75. The van der Waals surface area contributed by atoms with Crippen LogP contribution in [0.3, 0.4) is 0 Å². The highest BCUT2D eigenvalue weighted by molar-refractivity contribution is 5.40. The van der Waals surface area contributed by atoms with Crippen LogP contribution in [-0.2, 0) is 11.2 Å². The first-order chi connectivity index (χ1) is 9.93. The Balaban J connectivity index is 1.99. The van der Waals surface area contributed by atoms with E-state index >= 15 is 0 Å². The zero-order valence-corrected chi connectivity index (χ0v) is 11.3. The van der Waals surface area contributed by atoms with Crippen LogP contribution in [-0.4, -0.2) is 67.8 Å². The van der Waals surface area contributed by atoms with E-state index in [1.807, 2.05) is 0 Å². The van der Waals surface area contributed by atoms with Crippen LogP contribution in [0.2, 0.25) is 0 Å². The van der Waals surface area contributed by atoms with Gasteiger partial charge in [-0.05, 0) is 30.5 Å². The zero-order chi connectivity index (χ0) is 15.6. The average molecular weight is 300 g/mol. The molecule has 5 atom stereocenters. The number of aliphatic hydroxyl groups excluding tert-OH is 4. The third-order valence-corrected chi connectivity index (χ3v) is 3.75. The van der Waals surface area contributed by atoms with Crippen LogP contribution >= 0.6 is 0 Å². The van der Waals surface area contributed by atoms with Crippen LogP contribution in [0, 0.1) is 0 Å². The zero-order valence-electron chi connectivity index (χ0n) is 11.3. The van der Waals surface area contributed by atoms with Crippen LogP contribution in [0.15, 0.2) is 18.2 Å². The van der Waals surface area contributed by atoms with Gasteiger partial charge in [-0.3, -0.25) is 0 Å². The molecule has 1 aromatic carbocycles. The summed E-state index contributed by atoms with van der Waals surface area (Å²) in [6.07, 6.45) is -4.90. The topological polar surface area (TPSA) is 131 Å². The van der Waals surface area contributed by atoms with E-state index in [0.717, 1.165) is 5.56 Å². The van der Waals surface area contributed by atoms with Gasteiger partial charge < -0.3 is 35.4 Å². The molecule has 1 aliphatic rings. The fraction of sp³-hybridized carbons (Fsp3) is 0.571. The Morgan fingerprint density at radius 2 is 1.57 bits per heavy atom. The molecule has 0 aliphatic carbocycles. The van der Waals surface area contributed by atoms with Gasteiger partial charge in [-0.15, -0.1) is 0 Å². The highest BCUT2D eigenvalue weighted by Gasteiger charge is 2.42. The van der Waals surface area contributed by atoms with E-state index in [1.54, 1.807) is 6.07 Å². The maximum absolute atomic E-state index is 9.89. The first-order valence-electron chi connectivity index (χ1n) is 6.75. The monoisotopic (exact) mass is 300 g/mol. The van der Waals surface area contributed by atoms with E-state index in [-0.39, 0.29) is 11.5 Å². The molecule has 1 saturated heterocycles. The van der Waals surface area contributed by atoms with E-state index in [9.17, 15) is 25.5 Å². The molecule has 6 N–H and O–H groups in total. The van der Waals surface area contributed by atoms with Crippen molar-refractivity contribution in [3.05, 3.63) is 23.8 Å². The number of rotatable bonds is 4. The number of aryl methyl sites for hydroxylation is 1. The molecule has 1 aromatic rings. The first kappa shape index (κ1) is 16.0. The molecule has 7 nitrogen and oxygen atoms in total. The molecule has 21 heavy (non-hydrogen) atoms. The number of phenols is 2. The summed E-state index contributed by atoms with van der Waals surface area (Å²) in [7, 11) is 0. The summed E-state index contributed by atoms with van der Waals surface area (Å²) in [5.74, 6) is -0.451. The number of phenolic OH excluding ortho intramolecular Hbond substituents is 2. The molecular formula is C14H20O7. The Kier molecular flexibility index (Phi) is 5.02. The minimum atomic E-state index is -1.38. The molecule has 0 amide bonds. The van der Waals surface area contributed by atoms with Gasteiger partial charge in [0.05, 0.1) is 12.7 Å². The lowest BCUT2D eigenvalue weighted by atomic mass is 9.92. The van der Waals surface area contributed by atoms with Gasteiger partial charge in [0, 0.05) is 0 Å². The highest BCUT2D eigenvalue weighted by atomic mass is 16.5. The molecule has 1 aliphatic heterocycles. The van der Waals surface area contributed by atoms with Crippen LogP contribution in [0.4, 0.5) is 0 Å². The van der Waals surface area contributed by atoms with Crippen molar-refractivity contribution < 1.29 is 35.4 Å². The van der Waals surface area contributed by atoms with Crippen molar-refractivity contribution in [2.75, 3.05) is 6.61 Å². The van der Waals surface area contributed by atoms with Crippen LogP contribution in [0.25, 0.3) is 0 Å². The van der Waals surface area contributed by atoms with Crippen molar-refractivity contribution in [1.29, 1.82) is 0 Å². The van der Waals surface area contributed by atoms with Crippen LogP contribution in [0.1, 0.15) is 12.0 Å². The molecule has 118 valence electrons. The molecule has 2 rings (SSSR count). The summed E-state index contributed by atoms with van der Waals surface area (Å²) in [6, 6.07) is 4.39. The normalized spacial score (nSPS) is 33.0. The van der Waals surface area contributed by atoms with Crippen molar-refractivity contribution in [2.24, 2.45) is 0 Å². The smallest absolute Gasteiger partial charge is 0.157 e. The molecular weight excluding hydrogens is 280 g/mol. The number of aromatic hydroxyl groups is 2. The summed E-state index contributed by atoms with van der Waals surface area (Å²) in [5.41, 5.74) is 0.724. The Morgan fingerprint density at radius 1 is 0.905 bits per heavy atom. The van der Waals surface area contributed by atoms with Crippen molar-refractivity contribution >= 4 is 0 Å². The summed E-state index contributed by atoms with van der Waals surface area (Å²) in [5, 5.41) is 57.0. The van der Waals surface area contributed by atoms with Gasteiger partial charge >= 0.3 is 0 Å². The lowest BCUT2D eigenvalue weighted by Gasteiger charge is -2.40. The Bertz CT molecular complexity index is 476. The van der Waals surface area contributed by atoms with Gasteiger partial charge in [-0.25, -0.2) is 0 Å². The quantitative estimate of drug-likeness (QED) is 0.388. The molecule has 7 heteroatoms. The molecule has 1 unspecified atom stereocenters. The van der Waals surface area contributed by atoms with Crippen molar-refractivity contribution in [3.8, 4) is 11.5 Å². The average Bonchev–Trinajstić information content (AvgIpc) is 2.47. The van der Waals surface area contributed by atoms with Crippen LogP contribution in [0.5, 0.6) is 11.5 Å². The van der Waals surface area contributed by atoms with Gasteiger partial charge in [-0.1, -0.05) is 6.07 Å². The SMILES string of the molecule is OC[C@H]1OC(CCc2ccc(O)c(O)c2)[C@H](O)[C@@H](O)[C@@H]1O. The fourth-order valence-electron chi connectivity index (χ4n) is 2.45. The molecule has 0 radical (unpaired) electrons. The van der Waals surface area contributed by atoms with Gasteiger partial charge in [0.2, 0.25) is 0 Å². The standard InChI is InChI=1S/C14H20O7/c15-6-11-13(19)14(20)12(18)10(21-11)4-2-7-1-3-8(16)9(17)5-7/h1,3,5,10-20H,2,4,6H2/t10?,11-,12+,13-,14-/m1/s1. The lowest BCUT2D eigenvalue weighted by Crippen LogP contribution is -2.58. The second kappa shape index (κ2) is 6.59. The number of benzene rings is 1. The molecule has 0 bridgehead atoms. The van der Waals surface area contributed by atoms with Crippen molar-refractivity contribution in [2.45, 2.75) is 43.4 Å². The predicted molar refractivity (Wildman–Crippen MR) is 71.9 cm³/mol. The molecule has 1 fully saturated rings. The minimum absolute atomic E-state index is 0.216. The van der Waals surface area contributed by atoms with Crippen molar-refractivity contribution in [3.63, 3.8) is 0 Å². The molecule has 0 aromatic heterocycles. The third kappa shape index (κ3) is 3.45. The molecule has 1 heterocycles. The van der Waals surface area contributed by atoms with Gasteiger partial charge in [-0.2, -0.15) is 0 Å². The van der Waals surface area contributed by atoms with E-state index < -0.39 is 37.1 Å². The van der Waals surface area contributed by atoms with E-state index in [2.05, 4.69) is 0 Å². The van der Waals surface area contributed by atoms with E-state index in [1.165, 1.54) is 12.1 Å². The van der Waals surface area contributed by atoms with Crippen LogP contribution < -0.4 is 0 Å². The summed E-state index contributed by atoms with van der Waals surface area (Å²) in [6.45, 7) is -0.457. The second-order valence-electron chi connectivity index (χ2n) is 5.23. The molecule has 0 spiro atoms.